The van der Waals surface area contributed by atoms with Gasteiger partial charge in [0.1, 0.15) is 23.0 Å². The van der Waals surface area contributed by atoms with Gasteiger partial charge in [-0.25, -0.2) is 4.99 Å². The van der Waals surface area contributed by atoms with Gasteiger partial charge < -0.3 is 9.52 Å². The molecule has 0 aliphatic carbocycles. The van der Waals surface area contributed by atoms with Crippen LogP contribution in [0.4, 0.5) is 18.9 Å². The highest BCUT2D eigenvalue weighted by atomic mass is 19.4. The number of aromatic hydroxyl groups is 1. The first kappa shape index (κ1) is 15.9. The van der Waals surface area contributed by atoms with Crippen molar-refractivity contribution in [3.05, 3.63) is 72.0 Å². The smallest absolute Gasteiger partial charge is 0.416 e. The lowest BCUT2D eigenvalue weighted by molar-refractivity contribution is -0.137. The van der Waals surface area contributed by atoms with Crippen LogP contribution in [0.2, 0.25) is 0 Å². The minimum absolute atomic E-state index is 0.0263. The number of phenols is 1. The molecule has 1 heterocycles. The molecule has 24 heavy (non-hydrogen) atoms. The van der Waals surface area contributed by atoms with Gasteiger partial charge in [-0.1, -0.05) is 24.3 Å². The third-order valence-corrected chi connectivity index (χ3v) is 3.31. The number of benzene rings is 2. The van der Waals surface area contributed by atoms with Gasteiger partial charge in [-0.05, 0) is 36.4 Å². The Hall–Kier alpha value is -3.02. The van der Waals surface area contributed by atoms with E-state index < -0.39 is 11.7 Å². The summed E-state index contributed by atoms with van der Waals surface area (Å²) < 4.78 is 43.8. The van der Waals surface area contributed by atoms with Crippen LogP contribution < -0.4 is 0 Å². The van der Waals surface area contributed by atoms with Crippen molar-refractivity contribution in [3.8, 4) is 17.1 Å². The summed E-state index contributed by atoms with van der Waals surface area (Å²) in [7, 11) is 0. The Balaban J connectivity index is 1.85. The summed E-state index contributed by atoms with van der Waals surface area (Å²) >= 11 is 0. The summed E-state index contributed by atoms with van der Waals surface area (Å²) in [6.45, 7) is 0. The standard InChI is InChI=1S/C18H12F3NO2/c19-18(20,21)13-5-3-4-12(10-13)17-9-8-14(24-17)11-22-15-6-1-2-7-16(15)23/h1-11,23H. The average Bonchev–Trinajstić information content (AvgIpc) is 3.02. The molecule has 3 aromatic rings. The molecule has 0 aliphatic heterocycles. The van der Waals surface area contributed by atoms with Gasteiger partial charge in [-0.2, -0.15) is 13.2 Å². The van der Waals surface area contributed by atoms with Gasteiger partial charge in [0.15, 0.2) is 0 Å². The highest BCUT2D eigenvalue weighted by Gasteiger charge is 2.30. The zero-order chi connectivity index (χ0) is 17.2. The van der Waals surface area contributed by atoms with Crippen molar-refractivity contribution in [1.82, 2.24) is 0 Å². The van der Waals surface area contributed by atoms with E-state index in [1.54, 1.807) is 30.3 Å². The van der Waals surface area contributed by atoms with Crippen LogP contribution in [0.3, 0.4) is 0 Å². The number of halogens is 3. The summed E-state index contributed by atoms with van der Waals surface area (Å²) in [5.74, 6) is 0.698. The number of furan rings is 1. The van der Waals surface area contributed by atoms with E-state index in [0.717, 1.165) is 12.1 Å². The van der Waals surface area contributed by atoms with Gasteiger partial charge in [-0.15, -0.1) is 0 Å². The van der Waals surface area contributed by atoms with Crippen molar-refractivity contribution in [2.24, 2.45) is 4.99 Å². The van der Waals surface area contributed by atoms with Crippen molar-refractivity contribution >= 4 is 11.9 Å². The van der Waals surface area contributed by atoms with Crippen LogP contribution in [-0.2, 0) is 6.18 Å². The zero-order valence-electron chi connectivity index (χ0n) is 12.3. The predicted molar refractivity (Wildman–Crippen MR) is 84.5 cm³/mol. The van der Waals surface area contributed by atoms with Crippen molar-refractivity contribution in [2.45, 2.75) is 6.18 Å². The Bertz CT molecular complexity index is 882. The van der Waals surface area contributed by atoms with E-state index in [4.69, 9.17) is 4.42 Å². The molecule has 6 heteroatoms. The Labute approximate surface area is 135 Å². The Kier molecular flexibility index (Phi) is 4.12. The fourth-order valence-electron chi connectivity index (χ4n) is 2.13. The highest BCUT2D eigenvalue weighted by Crippen LogP contribution is 2.32. The molecule has 0 fully saturated rings. The van der Waals surface area contributed by atoms with E-state index in [2.05, 4.69) is 4.99 Å². The van der Waals surface area contributed by atoms with Crippen LogP contribution in [0, 0.1) is 0 Å². The number of hydrogen-bond donors (Lipinski definition) is 1. The van der Waals surface area contributed by atoms with Crippen molar-refractivity contribution in [1.29, 1.82) is 0 Å². The second-order valence-corrected chi connectivity index (χ2v) is 5.03. The molecule has 0 unspecified atom stereocenters. The summed E-state index contributed by atoms with van der Waals surface area (Å²) in [6.07, 6.45) is -3.01. The normalized spacial score (nSPS) is 12.0. The molecular formula is C18H12F3NO2. The van der Waals surface area contributed by atoms with E-state index in [-0.39, 0.29) is 5.75 Å². The molecular weight excluding hydrogens is 319 g/mol. The third-order valence-electron chi connectivity index (χ3n) is 3.31. The van der Waals surface area contributed by atoms with E-state index >= 15 is 0 Å². The maximum Gasteiger partial charge on any atom is 0.416 e. The molecule has 2 aromatic carbocycles. The Morgan fingerprint density at radius 3 is 2.50 bits per heavy atom. The van der Waals surface area contributed by atoms with Gasteiger partial charge >= 0.3 is 6.18 Å². The van der Waals surface area contributed by atoms with Crippen molar-refractivity contribution < 1.29 is 22.7 Å². The first-order chi connectivity index (χ1) is 11.4. The first-order valence-corrected chi connectivity index (χ1v) is 7.03. The SMILES string of the molecule is Oc1ccccc1N=Cc1ccc(-c2cccc(C(F)(F)F)c2)o1. The van der Waals surface area contributed by atoms with Crippen LogP contribution in [0.25, 0.3) is 11.3 Å². The number of phenolic OH excluding ortho intramolecular Hbond substituents is 1. The van der Waals surface area contributed by atoms with E-state index in [9.17, 15) is 18.3 Å². The largest absolute Gasteiger partial charge is 0.506 e. The Morgan fingerprint density at radius 1 is 0.958 bits per heavy atom. The number of para-hydroxylation sites is 2. The third kappa shape index (κ3) is 3.48. The van der Waals surface area contributed by atoms with Gasteiger partial charge in [-0.3, -0.25) is 0 Å². The number of nitrogens with zero attached hydrogens (tertiary/aromatic N) is 1. The topological polar surface area (TPSA) is 45.7 Å². The molecule has 1 aromatic heterocycles. The quantitative estimate of drug-likeness (QED) is 0.651. The van der Waals surface area contributed by atoms with Crippen LogP contribution in [0.1, 0.15) is 11.3 Å². The molecule has 1 N–H and O–H groups in total. The van der Waals surface area contributed by atoms with Crippen LogP contribution in [0.5, 0.6) is 5.75 Å². The summed E-state index contributed by atoms with van der Waals surface area (Å²) in [4.78, 5) is 4.09. The molecule has 0 saturated carbocycles. The summed E-state index contributed by atoms with van der Waals surface area (Å²) in [6, 6.07) is 14.6. The highest BCUT2D eigenvalue weighted by molar-refractivity contribution is 5.80. The number of hydrogen-bond acceptors (Lipinski definition) is 3. The lowest BCUT2D eigenvalue weighted by Crippen LogP contribution is -2.04. The van der Waals surface area contributed by atoms with Crippen LogP contribution >= 0.6 is 0 Å². The zero-order valence-corrected chi connectivity index (χ0v) is 12.3. The molecule has 0 spiro atoms. The second-order valence-electron chi connectivity index (χ2n) is 5.03. The van der Waals surface area contributed by atoms with Gasteiger partial charge in [0.2, 0.25) is 0 Å². The fraction of sp³-hybridized carbons (Fsp3) is 0.0556. The maximum absolute atomic E-state index is 12.8. The number of alkyl halides is 3. The fourth-order valence-corrected chi connectivity index (χ4v) is 2.13. The van der Waals surface area contributed by atoms with Gasteiger partial charge in [0.25, 0.3) is 0 Å². The minimum Gasteiger partial charge on any atom is -0.506 e. The average molecular weight is 331 g/mol. The molecule has 3 rings (SSSR count). The van der Waals surface area contributed by atoms with E-state index in [1.807, 2.05) is 0 Å². The lowest BCUT2D eigenvalue weighted by Gasteiger charge is -2.07. The monoisotopic (exact) mass is 331 g/mol. The summed E-state index contributed by atoms with van der Waals surface area (Å²) in [5, 5.41) is 9.63. The molecule has 0 amide bonds. The summed E-state index contributed by atoms with van der Waals surface area (Å²) in [5.41, 5.74) is -0.0395. The van der Waals surface area contributed by atoms with Gasteiger partial charge in [0, 0.05) is 5.56 Å². The lowest BCUT2D eigenvalue weighted by atomic mass is 10.1. The van der Waals surface area contributed by atoms with Crippen molar-refractivity contribution in [2.75, 3.05) is 0 Å². The molecule has 0 saturated heterocycles. The maximum atomic E-state index is 12.8. The Morgan fingerprint density at radius 2 is 1.75 bits per heavy atom. The predicted octanol–water partition coefficient (Wildman–Crippen LogP) is 5.42. The molecule has 0 aliphatic rings. The molecule has 0 atom stereocenters. The molecule has 0 bridgehead atoms. The number of aliphatic imine (C=N–C) groups is 1. The second kappa shape index (κ2) is 6.23. The van der Waals surface area contributed by atoms with E-state index in [0.29, 0.717) is 22.8 Å². The molecule has 3 nitrogen and oxygen atoms in total. The van der Waals surface area contributed by atoms with Crippen molar-refractivity contribution in [3.63, 3.8) is 0 Å². The first-order valence-electron chi connectivity index (χ1n) is 7.03. The number of rotatable bonds is 3. The van der Waals surface area contributed by atoms with E-state index in [1.165, 1.54) is 24.4 Å². The van der Waals surface area contributed by atoms with Gasteiger partial charge in [0.05, 0.1) is 11.8 Å². The minimum atomic E-state index is -4.41. The molecule has 122 valence electrons. The van der Waals surface area contributed by atoms with Crippen LogP contribution in [-0.4, -0.2) is 11.3 Å². The van der Waals surface area contributed by atoms with Crippen LogP contribution in [0.15, 0.2) is 70.1 Å². The molecule has 0 radical (unpaired) electrons.